The van der Waals surface area contributed by atoms with Gasteiger partial charge in [0.1, 0.15) is 5.65 Å². The second kappa shape index (κ2) is 5.05. The van der Waals surface area contributed by atoms with Crippen LogP contribution in [0.4, 0.5) is 0 Å². The number of nitrogens with zero attached hydrogens (tertiary/aromatic N) is 2. The first kappa shape index (κ1) is 13.4. The summed E-state index contributed by atoms with van der Waals surface area (Å²) in [6, 6.07) is 3.60. The van der Waals surface area contributed by atoms with Crippen LogP contribution in [0.25, 0.3) is 16.6 Å². The highest BCUT2D eigenvalue weighted by Gasteiger charge is 2.33. The molecule has 3 heterocycles. The lowest BCUT2D eigenvalue weighted by Crippen LogP contribution is -2.22. The standard InChI is InChI=1S/C15H15N3O3/c1-2-3-7-18-8-10(9-5-4-6-16-13(9)18)11-12(19)15(21)17-14(11)20/h4-6,8H,2-3,7H2,1H3,(H2,17,19,20,21). The molecule has 0 unspecified atom stereocenters. The fourth-order valence-corrected chi connectivity index (χ4v) is 2.52. The number of aryl methyl sites for hydroxylation is 1. The lowest BCUT2D eigenvalue weighted by molar-refractivity contribution is -0.124. The third-order valence-electron chi connectivity index (χ3n) is 3.56. The Labute approximate surface area is 121 Å². The van der Waals surface area contributed by atoms with Crippen molar-refractivity contribution in [2.24, 2.45) is 0 Å². The van der Waals surface area contributed by atoms with E-state index in [0.717, 1.165) is 30.4 Å². The van der Waals surface area contributed by atoms with Crippen LogP contribution in [-0.4, -0.2) is 26.5 Å². The minimum Gasteiger partial charge on any atom is -0.502 e. The first-order valence-corrected chi connectivity index (χ1v) is 6.86. The third-order valence-corrected chi connectivity index (χ3v) is 3.56. The van der Waals surface area contributed by atoms with Crippen LogP contribution in [0.15, 0.2) is 30.3 Å². The van der Waals surface area contributed by atoms with E-state index in [1.807, 2.05) is 10.6 Å². The maximum Gasteiger partial charge on any atom is 0.293 e. The van der Waals surface area contributed by atoms with Crippen LogP contribution in [0, 0.1) is 0 Å². The van der Waals surface area contributed by atoms with Gasteiger partial charge in [0.05, 0.1) is 5.57 Å². The summed E-state index contributed by atoms with van der Waals surface area (Å²) in [4.78, 5) is 27.6. The highest BCUT2D eigenvalue weighted by atomic mass is 16.3. The van der Waals surface area contributed by atoms with E-state index in [0.29, 0.717) is 5.56 Å². The van der Waals surface area contributed by atoms with Gasteiger partial charge < -0.3 is 9.67 Å². The van der Waals surface area contributed by atoms with Gasteiger partial charge in [-0.05, 0) is 18.6 Å². The number of carbonyl (C=O) groups excluding carboxylic acids is 2. The molecule has 3 rings (SSSR count). The number of pyridine rings is 1. The molecule has 6 heteroatoms. The van der Waals surface area contributed by atoms with E-state index in [-0.39, 0.29) is 5.57 Å². The van der Waals surface area contributed by atoms with E-state index in [1.165, 1.54) is 0 Å². The molecule has 0 bridgehead atoms. The van der Waals surface area contributed by atoms with E-state index >= 15 is 0 Å². The van der Waals surface area contributed by atoms with Gasteiger partial charge in [-0.25, -0.2) is 4.98 Å². The molecule has 0 aromatic carbocycles. The largest absolute Gasteiger partial charge is 0.502 e. The molecule has 108 valence electrons. The lowest BCUT2D eigenvalue weighted by Gasteiger charge is -2.01. The average molecular weight is 285 g/mol. The van der Waals surface area contributed by atoms with Crippen molar-refractivity contribution >= 4 is 28.4 Å². The van der Waals surface area contributed by atoms with Crippen molar-refractivity contribution < 1.29 is 14.7 Å². The van der Waals surface area contributed by atoms with E-state index < -0.39 is 17.6 Å². The number of aliphatic hydroxyl groups excluding tert-OH is 1. The number of amides is 2. The lowest BCUT2D eigenvalue weighted by atomic mass is 10.1. The van der Waals surface area contributed by atoms with Crippen LogP contribution >= 0.6 is 0 Å². The number of hydrogen-bond donors (Lipinski definition) is 2. The van der Waals surface area contributed by atoms with Crippen LogP contribution in [-0.2, 0) is 16.1 Å². The summed E-state index contributed by atoms with van der Waals surface area (Å²) in [7, 11) is 0. The summed E-state index contributed by atoms with van der Waals surface area (Å²) < 4.78 is 1.95. The van der Waals surface area contributed by atoms with Crippen molar-refractivity contribution in [3.8, 4) is 0 Å². The SMILES string of the molecule is CCCCn1cc(C2=C(O)C(=O)NC2=O)c2cccnc21. The number of nitrogens with one attached hydrogen (secondary N) is 1. The number of unbranched alkanes of at least 4 members (excludes halogenated alkanes) is 1. The minimum atomic E-state index is -0.756. The fourth-order valence-electron chi connectivity index (χ4n) is 2.52. The van der Waals surface area contributed by atoms with Crippen LogP contribution in [0.3, 0.4) is 0 Å². The van der Waals surface area contributed by atoms with Gasteiger partial charge in [0, 0.05) is 29.9 Å². The fraction of sp³-hybridized carbons (Fsp3) is 0.267. The molecule has 0 aliphatic carbocycles. The van der Waals surface area contributed by atoms with Gasteiger partial charge in [0.25, 0.3) is 11.8 Å². The minimum absolute atomic E-state index is 0.0215. The zero-order valence-corrected chi connectivity index (χ0v) is 11.6. The summed E-state index contributed by atoms with van der Waals surface area (Å²) in [6.45, 7) is 2.87. The van der Waals surface area contributed by atoms with Crippen molar-refractivity contribution in [3.05, 3.63) is 35.8 Å². The van der Waals surface area contributed by atoms with Crippen LogP contribution in [0.5, 0.6) is 0 Å². The molecule has 0 saturated carbocycles. The van der Waals surface area contributed by atoms with E-state index in [4.69, 9.17) is 0 Å². The molecule has 6 nitrogen and oxygen atoms in total. The molecular weight excluding hydrogens is 270 g/mol. The van der Waals surface area contributed by atoms with Gasteiger partial charge in [-0.15, -0.1) is 0 Å². The van der Waals surface area contributed by atoms with Crippen molar-refractivity contribution in [2.75, 3.05) is 0 Å². The van der Waals surface area contributed by atoms with Gasteiger partial charge >= 0.3 is 0 Å². The zero-order chi connectivity index (χ0) is 15.0. The molecule has 2 aromatic heterocycles. The Kier molecular flexibility index (Phi) is 3.21. The van der Waals surface area contributed by atoms with Crippen LogP contribution in [0.2, 0.25) is 0 Å². The van der Waals surface area contributed by atoms with Gasteiger partial charge in [-0.3, -0.25) is 14.9 Å². The van der Waals surface area contributed by atoms with Gasteiger partial charge in [0.2, 0.25) is 0 Å². The first-order valence-electron chi connectivity index (χ1n) is 6.86. The quantitative estimate of drug-likeness (QED) is 0.838. The molecule has 0 spiro atoms. The van der Waals surface area contributed by atoms with Crippen molar-refractivity contribution in [3.63, 3.8) is 0 Å². The Morgan fingerprint density at radius 3 is 2.81 bits per heavy atom. The molecule has 21 heavy (non-hydrogen) atoms. The Morgan fingerprint density at radius 2 is 2.14 bits per heavy atom. The Balaban J connectivity index is 2.20. The summed E-state index contributed by atoms with van der Waals surface area (Å²) in [5.41, 5.74) is 1.30. The maximum absolute atomic E-state index is 11.9. The number of hydrogen-bond acceptors (Lipinski definition) is 4. The highest BCUT2D eigenvalue weighted by molar-refractivity contribution is 6.36. The maximum atomic E-state index is 11.9. The number of fused-ring (bicyclic) bond motifs is 1. The zero-order valence-electron chi connectivity index (χ0n) is 11.6. The predicted molar refractivity (Wildman–Crippen MR) is 77.3 cm³/mol. The third kappa shape index (κ3) is 2.08. The molecule has 0 saturated heterocycles. The number of aliphatic hydroxyl groups is 1. The molecule has 2 amide bonds. The molecule has 2 aromatic rings. The highest BCUT2D eigenvalue weighted by Crippen LogP contribution is 2.30. The Hall–Kier alpha value is -2.63. The smallest absolute Gasteiger partial charge is 0.293 e. The monoisotopic (exact) mass is 285 g/mol. The van der Waals surface area contributed by atoms with Gasteiger partial charge in [0.15, 0.2) is 5.76 Å². The van der Waals surface area contributed by atoms with Crippen molar-refractivity contribution in [2.45, 2.75) is 26.3 Å². The second-order valence-electron chi connectivity index (χ2n) is 4.97. The molecule has 1 aliphatic rings. The normalized spacial score (nSPS) is 15.1. The summed E-state index contributed by atoms with van der Waals surface area (Å²) >= 11 is 0. The number of rotatable bonds is 4. The second-order valence-corrected chi connectivity index (χ2v) is 4.97. The molecule has 1 aliphatic heterocycles. The number of imide groups is 1. The van der Waals surface area contributed by atoms with E-state index in [2.05, 4.69) is 17.2 Å². The summed E-state index contributed by atoms with van der Waals surface area (Å²) in [6.07, 6.45) is 5.48. The van der Waals surface area contributed by atoms with Crippen molar-refractivity contribution in [1.29, 1.82) is 0 Å². The molecule has 0 fully saturated rings. The summed E-state index contributed by atoms with van der Waals surface area (Å²) in [5.74, 6) is -1.86. The van der Waals surface area contributed by atoms with Gasteiger partial charge in [-0.1, -0.05) is 13.3 Å². The van der Waals surface area contributed by atoms with E-state index in [9.17, 15) is 14.7 Å². The topological polar surface area (TPSA) is 84.2 Å². The molecule has 2 N–H and O–H groups in total. The molecule has 0 atom stereocenters. The predicted octanol–water partition coefficient (Wildman–Crippen LogP) is 1.76. The molecule has 0 radical (unpaired) electrons. The average Bonchev–Trinajstić information content (AvgIpc) is 2.95. The van der Waals surface area contributed by atoms with E-state index in [1.54, 1.807) is 18.5 Å². The Morgan fingerprint density at radius 1 is 1.33 bits per heavy atom. The Bertz CT molecular complexity index is 774. The van der Waals surface area contributed by atoms with Gasteiger partial charge in [-0.2, -0.15) is 0 Å². The molecular formula is C15H15N3O3. The van der Waals surface area contributed by atoms with Crippen molar-refractivity contribution in [1.82, 2.24) is 14.9 Å². The van der Waals surface area contributed by atoms with Crippen LogP contribution in [0.1, 0.15) is 25.3 Å². The number of aromatic nitrogens is 2. The first-order chi connectivity index (χ1) is 10.1. The van der Waals surface area contributed by atoms with Crippen LogP contribution < -0.4 is 5.32 Å². The number of carbonyl (C=O) groups is 2. The summed E-state index contributed by atoms with van der Waals surface area (Å²) in [5, 5.41) is 12.7.